The third-order valence-electron chi connectivity index (χ3n) is 5.40. The molecule has 10 heteroatoms. The van der Waals surface area contributed by atoms with Gasteiger partial charge in [-0.05, 0) is 37.4 Å². The summed E-state index contributed by atoms with van der Waals surface area (Å²) in [6.45, 7) is 7.21. The maximum atomic E-state index is 12.8. The van der Waals surface area contributed by atoms with Crippen molar-refractivity contribution < 1.29 is 14.1 Å². The minimum Gasteiger partial charge on any atom is -0.339 e. The van der Waals surface area contributed by atoms with E-state index in [1.165, 1.54) is 11.8 Å². The number of piperazine rings is 1. The van der Waals surface area contributed by atoms with Crippen molar-refractivity contribution in [3.63, 3.8) is 0 Å². The molecule has 1 atom stereocenters. The van der Waals surface area contributed by atoms with Crippen molar-refractivity contribution in [2.45, 2.75) is 25.6 Å². The van der Waals surface area contributed by atoms with Crippen molar-refractivity contribution in [3.05, 3.63) is 53.2 Å². The van der Waals surface area contributed by atoms with Crippen LogP contribution in [0.4, 0.5) is 5.69 Å². The van der Waals surface area contributed by atoms with Gasteiger partial charge in [0.1, 0.15) is 0 Å². The summed E-state index contributed by atoms with van der Waals surface area (Å²) in [5.74, 6) is 1.41. The number of amides is 2. The van der Waals surface area contributed by atoms with Crippen molar-refractivity contribution in [2.75, 3.05) is 37.2 Å². The quantitative estimate of drug-likeness (QED) is 0.522. The number of hydrogen-bond donors (Lipinski definition) is 1. The smallest absolute Gasteiger partial charge is 0.241 e. The second-order valence-electron chi connectivity index (χ2n) is 7.96. The molecule has 1 unspecified atom stereocenters. The van der Waals surface area contributed by atoms with E-state index in [0.717, 1.165) is 29.2 Å². The molecule has 0 aliphatic carbocycles. The van der Waals surface area contributed by atoms with Crippen LogP contribution in [0.15, 0.2) is 46.3 Å². The Hall–Kier alpha value is -2.69. The Morgan fingerprint density at radius 2 is 1.94 bits per heavy atom. The minimum absolute atomic E-state index is 0.0700. The number of benzene rings is 1. The van der Waals surface area contributed by atoms with Gasteiger partial charge in [-0.1, -0.05) is 28.9 Å². The molecule has 0 saturated carbocycles. The first-order valence-electron chi connectivity index (χ1n) is 10.8. The van der Waals surface area contributed by atoms with Crippen molar-refractivity contribution in [2.24, 2.45) is 0 Å². The van der Waals surface area contributed by atoms with Crippen LogP contribution >= 0.6 is 23.1 Å². The van der Waals surface area contributed by atoms with Crippen LogP contribution in [0.3, 0.4) is 0 Å². The minimum atomic E-state index is -0.274. The summed E-state index contributed by atoms with van der Waals surface area (Å²) in [6, 6.07) is 11.6. The zero-order chi connectivity index (χ0) is 23.2. The molecule has 1 aliphatic rings. The summed E-state index contributed by atoms with van der Waals surface area (Å²) in [5, 5.41) is 8.63. The van der Waals surface area contributed by atoms with Crippen LogP contribution in [0.1, 0.15) is 18.4 Å². The molecule has 1 aromatic carbocycles. The van der Waals surface area contributed by atoms with Gasteiger partial charge in [-0.15, -0.1) is 23.1 Å². The number of rotatable bonds is 8. The predicted octanol–water partition coefficient (Wildman–Crippen LogP) is 3.51. The van der Waals surface area contributed by atoms with Gasteiger partial charge in [0.25, 0.3) is 0 Å². The summed E-state index contributed by atoms with van der Waals surface area (Å²) in [6.07, 6.45) is 0. The predicted molar refractivity (Wildman–Crippen MR) is 131 cm³/mol. The van der Waals surface area contributed by atoms with Gasteiger partial charge in [-0.3, -0.25) is 14.5 Å². The Morgan fingerprint density at radius 3 is 2.64 bits per heavy atom. The molecule has 0 radical (unpaired) electrons. The van der Waals surface area contributed by atoms with Gasteiger partial charge in [0.05, 0.1) is 22.4 Å². The second-order valence-corrected chi connectivity index (χ2v) is 10.2. The van der Waals surface area contributed by atoms with Gasteiger partial charge in [0.2, 0.25) is 23.5 Å². The number of aryl methyl sites for hydroxylation is 1. The second kappa shape index (κ2) is 11.0. The number of carbonyl (C=O) groups is 2. The lowest BCUT2D eigenvalue weighted by molar-refractivity contribution is -0.132. The molecule has 2 aromatic heterocycles. The average molecular weight is 486 g/mol. The van der Waals surface area contributed by atoms with Gasteiger partial charge in [-0.25, -0.2) is 0 Å². The molecule has 1 fully saturated rings. The molecule has 3 heterocycles. The lowest BCUT2D eigenvalue weighted by Crippen LogP contribution is -2.50. The maximum absolute atomic E-state index is 12.8. The number of thioether (sulfide) groups is 1. The first kappa shape index (κ1) is 23.5. The summed E-state index contributed by atoms with van der Waals surface area (Å²) in [4.78, 5) is 34.6. The normalized spacial score (nSPS) is 15.4. The van der Waals surface area contributed by atoms with E-state index < -0.39 is 0 Å². The van der Waals surface area contributed by atoms with Crippen LogP contribution in [0.2, 0.25) is 0 Å². The molecule has 3 aromatic rings. The van der Waals surface area contributed by atoms with Gasteiger partial charge in [0, 0.05) is 31.9 Å². The zero-order valence-corrected chi connectivity index (χ0v) is 20.3. The number of thiophene rings is 1. The molecular formula is C23H27N5O3S2. The van der Waals surface area contributed by atoms with Crippen molar-refractivity contribution >= 4 is 40.6 Å². The van der Waals surface area contributed by atoms with E-state index in [-0.39, 0.29) is 22.8 Å². The maximum Gasteiger partial charge on any atom is 0.241 e. The Kier molecular flexibility index (Phi) is 7.79. The van der Waals surface area contributed by atoms with E-state index in [9.17, 15) is 9.59 Å². The van der Waals surface area contributed by atoms with Gasteiger partial charge in [-0.2, -0.15) is 4.98 Å². The molecule has 8 nitrogen and oxygen atoms in total. The highest BCUT2D eigenvalue weighted by atomic mass is 32.2. The first-order chi connectivity index (χ1) is 16.0. The lowest BCUT2D eigenvalue weighted by Gasteiger charge is -2.35. The van der Waals surface area contributed by atoms with Gasteiger partial charge in [0.15, 0.2) is 0 Å². The lowest BCUT2D eigenvalue weighted by atomic mass is 10.2. The van der Waals surface area contributed by atoms with Crippen LogP contribution in [0.5, 0.6) is 0 Å². The molecule has 1 saturated heterocycles. The van der Waals surface area contributed by atoms with E-state index in [1.807, 2.05) is 60.5 Å². The Morgan fingerprint density at radius 1 is 1.18 bits per heavy atom. The van der Waals surface area contributed by atoms with Crippen LogP contribution in [0.25, 0.3) is 10.7 Å². The third kappa shape index (κ3) is 6.43. The third-order valence-corrected chi connectivity index (χ3v) is 7.40. The monoisotopic (exact) mass is 485 g/mol. The van der Waals surface area contributed by atoms with Gasteiger partial charge >= 0.3 is 0 Å². The number of aromatic nitrogens is 2. The molecule has 33 heavy (non-hydrogen) atoms. The summed E-state index contributed by atoms with van der Waals surface area (Å²) >= 11 is 2.94. The molecule has 0 bridgehead atoms. The molecule has 2 amide bonds. The van der Waals surface area contributed by atoms with E-state index in [2.05, 4.69) is 20.4 Å². The van der Waals surface area contributed by atoms with Crippen LogP contribution in [0, 0.1) is 6.92 Å². The molecular weight excluding hydrogens is 458 g/mol. The highest BCUT2D eigenvalue weighted by molar-refractivity contribution is 8.01. The molecule has 0 spiro atoms. The Balaban J connectivity index is 1.18. The average Bonchev–Trinajstić information content (AvgIpc) is 3.51. The SMILES string of the molecule is Cc1ccc(NC(=O)CSC(C)C(=O)N2CCN(Cc3nc(-c4cccs4)no3)CC2)cc1. The highest BCUT2D eigenvalue weighted by Crippen LogP contribution is 2.22. The summed E-state index contributed by atoms with van der Waals surface area (Å²) < 4.78 is 5.39. The fourth-order valence-electron chi connectivity index (χ4n) is 3.51. The number of carbonyl (C=O) groups excluding carboxylic acids is 2. The van der Waals surface area contributed by atoms with Crippen LogP contribution in [-0.4, -0.2) is 68.9 Å². The fourth-order valence-corrected chi connectivity index (χ4v) is 4.92. The van der Waals surface area contributed by atoms with Crippen molar-refractivity contribution in [3.8, 4) is 10.7 Å². The van der Waals surface area contributed by atoms with E-state index in [0.29, 0.717) is 31.3 Å². The van der Waals surface area contributed by atoms with E-state index in [1.54, 1.807) is 11.3 Å². The largest absolute Gasteiger partial charge is 0.339 e. The molecule has 174 valence electrons. The molecule has 1 aliphatic heterocycles. The summed E-state index contributed by atoms with van der Waals surface area (Å²) in [7, 11) is 0. The first-order valence-corrected chi connectivity index (χ1v) is 12.8. The number of nitrogens with zero attached hydrogens (tertiary/aromatic N) is 4. The van der Waals surface area contributed by atoms with Crippen molar-refractivity contribution in [1.82, 2.24) is 19.9 Å². The Labute approximate surface area is 201 Å². The molecule has 1 N–H and O–H groups in total. The van der Waals surface area contributed by atoms with Gasteiger partial charge < -0.3 is 14.7 Å². The van der Waals surface area contributed by atoms with Crippen LogP contribution < -0.4 is 5.32 Å². The standard InChI is InChI=1S/C23H27N5O3S2/c1-16-5-7-18(8-6-16)24-20(29)15-33-17(2)23(30)28-11-9-27(10-12-28)14-21-25-22(26-31-21)19-4-3-13-32-19/h3-8,13,17H,9-12,14-15H2,1-2H3,(H,24,29). The number of anilines is 1. The number of hydrogen-bond acceptors (Lipinski definition) is 8. The van der Waals surface area contributed by atoms with Crippen molar-refractivity contribution in [1.29, 1.82) is 0 Å². The highest BCUT2D eigenvalue weighted by Gasteiger charge is 2.26. The topological polar surface area (TPSA) is 91.6 Å². The zero-order valence-electron chi connectivity index (χ0n) is 18.7. The fraction of sp³-hybridized carbons (Fsp3) is 0.391. The number of nitrogens with one attached hydrogen (secondary N) is 1. The van der Waals surface area contributed by atoms with Crippen LogP contribution in [-0.2, 0) is 16.1 Å². The van der Waals surface area contributed by atoms with E-state index in [4.69, 9.17) is 4.52 Å². The van der Waals surface area contributed by atoms with E-state index >= 15 is 0 Å². The summed E-state index contributed by atoms with van der Waals surface area (Å²) in [5.41, 5.74) is 1.91. The Bertz CT molecular complexity index is 1060. The molecule has 4 rings (SSSR count).